The second-order valence-electron chi connectivity index (χ2n) is 7.91. The van der Waals surface area contributed by atoms with Crippen LogP contribution in [0.25, 0.3) is 0 Å². The first-order valence-electron chi connectivity index (χ1n) is 8.91. The zero-order valence-electron chi connectivity index (χ0n) is 15.5. The van der Waals surface area contributed by atoms with Gasteiger partial charge in [-0.15, -0.1) is 0 Å². The zero-order chi connectivity index (χ0) is 17.7. The summed E-state index contributed by atoms with van der Waals surface area (Å²) < 4.78 is 5.42. The first kappa shape index (κ1) is 19.0. The van der Waals surface area contributed by atoms with E-state index in [9.17, 15) is 9.59 Å². The molecule has 2 aliphatic heterocycles. The standard InChI is InChI=1S/C17H32N4O3/c1-17(2,3)24-16(23)21-7-5-6-14(12-21)18-15(22)13-20-10-8-19(4)9-11-20/h14H,5-13H2,1-4H3,(H,18,22)/t14-/m0/s1. The van der Waals surface area contributed by atoms with E-state index in [-0.39, 0.29) is 18.0 Å². The summed E-state index contributed by atoms with van der Waals surface area (Å²) in [4.78, 5) is 30.6. The predicted molar refractivity (Wildman–Crippen MR) is 92.9 cm³/mol. The summed E-state index contributed by atoms with van der Waals surface area (Å²) in [7, 11) is 2.10. The van der Waals surface area contributed by atoms with Crippen LogP contribution in [0.4, 0.5) is 4.79 Å². The van der Waals surface area contributed by atoms with Crippen molar-refractivity contribution in [1.29, 1.82) is 0 Å². The fraction of sp³-hybridized carbons (Fsp3) is 0.882. The van der Waals surface area contributed by atoms with Crippen LogP contribution in [-0.2, 0) is 9.53 Å². The number of piperazine rings is 1. The molecular weight excluding hydrogens is 308 g/mol. The molecule has 0 saturated carbocycles. The van der Waals surface area contributed by atoms with E-state index in [1.54, 1.807) is 4.90 Å². The van der Waals surface area contributed by atoms with Crippen molar-refractivity contribution < 1.29 is 14.3 Å². The molecule has 2 saturated heterocycles. The highest BCUT2D eigenvalue weighted by atomic mass is 16.6. The fourth-order valence-corrected chi connectivity index (χ4v) is 3.07. The number of hydrogen-bond donors (Lipinski definition) is 1. The number of nitrogens with zero attached hydrogens (tertiary/aromatic N) is 3. The Morgan fingerprint density at radius 2 is 1.79 bits per heavy atom. The van der Waals surface area contributed by atoms with Gasteiger partial charge in [-0.1, -0.05) is 0 Å². The van der Waals surface area contributed by atoms with Gasteiger partial charge in [0.2, 0.25) is 5.91 Å². The molecule has 0 aromatic carbocycles. The van der Waals surface area contributed by atoms with E-state index in [1.165, 1.54) is 0 Å². The third-order valence-electron chi connectivity index (χ3n) is 4.40. The molecule has 1 N–H and O–H groups in total. The van der Waals surface area contributed by atoms with Crippen LogP contribution in [0.3, 0.4) is 0 Å². The van der Waals surface area contributed by atoms with Crippen molar-refractivity contribution in [2.45, 2.75) is 45.3 Å². The molecule has 2 rings (SSSR count). The van der Waals surface area contributed by atoms with Crippen molar-refractivity contribution in [2.24, 2.45) is 0 Å². The zero-order valence-corrected chi connectivity index (χ0v) is 15.5. The van der Waals surface area contributed by atoms with Crippen molar-refractivity contribution in [1.82, 2.24) is 20.0 Å². The highest BCUT2D eigenvalue weighted by molar-refractivity contribution is 5.78. The third-order valence-corrected chi connectivity index (χ3v) is 4.40. The summed E-state index contributed by atoms with van der Waals surface area (Å²) in [5.74, 6) is 0.0515. The summed E-state index contributed by atoms with van der Waals surface area (Å²) in [6.07, 6.45) is 1.51. The maximum Gasteiger partial charge on any atom is 0.410 e. The lowest BCUT2D eigenvalue weighted by atomic mass is 10.1. The summed E-state index contributed by atoms with van der Waals surface area (Å²) in [5.41, 5.74) is -0.491. The minimum Gasteiger partial charge on any atom is -0.444 e. The first-order chi connectivity index (χ1) is 11.2. The SMILES string of the molecule is CN1CCN(CC(=O)N[C@H]2CCCN(C(=O)OC(C)(C)C)C2)CC1. The minimum atomic E-state index is -0.491. The molecule has 0 radical (unpaired) electrons. The Morgan fingerprint density at radius 1 is 1.12 bits per heavy atom. The fourth-order valence-electron chi connectivity index (χ4n) is 3.07. The molecular formula is C17H32N4O3. The highest BCUT2D eigenvalue weighted by Crippen LogP contribution is 2.15. The molecule has 7 heteroatoms. The Balaban J connectivity index is 1.75. The number of likely N-dealkylation sites (tertiary alicyclic amines) is 1. The first-order valence-corrected chi connectivity index (χ1v) is 8.91. The van der Waals surface area contributed by atoms with Gasteiger partial charge in [-0.3, -0.25) is 9.69 Å². The van der Waals surface area contributed by atoms with Crippen LogP contribution in [0.15, 0.2) is 0 Å². The average Bonchev–Trinajstić information content (AvgIpc) is 2.48. The van der Waals surface area contributed by atoms with Gasteiger partial charge in [0.25, 0.3) is 0 Å². The van der Waals surface area contributed by atoms with Gasteiger partial charge in [0.1, 0.15) is 5.60 Å². The number of ether oxygens (including phenoxy) is 1. The second kappa shape index (κ2) is 8.16. The van der Waals surface area contributed by atoms with E-state index in [2.05, 4.69) is 22.2 Å². The van der Waals surface area contributed by atoms with Gasteiger partial charge in [0, 0.05) is 45.3 Å². The Morgan fingerprint density at radius 3 is 2.42 bits per heavy atom. The number of rotatable bonds is 3. The molecule has 0 bridgehead atoms. The van der Waals surface area contributed by atoms with Crippen molar-refractivity contribution in [3.05, 3.63) is 0 Å². The van der Waals surface area contributed by atoms with E-state index in [1.807, 2.05) is 20.8 Å². The van der Waals surface area contributed by atoms with Crippen LogP contribution in [0.1, 0.15) is 33.6 Å². The number of nitrogens with one attached hydrogen (secondary N) is 1. The Hall–Kier alpha value is -1.34. The van der Waals surface area contributed by atoms with Crippen LogP contribution < -0.4 is 5.32 Å². The third kappa shape index (κ3) is 6.28. The quantitative estimate of drug-likeness (QED) is 0.821. The summed E-state index contributed by atoms with van der Waals surface area (Å²) in [6, 6.07) is 0.0197. The molecule has 0 aliphatic carbocycles. The molecule has 2 aliphatic rings. The lowest BCUT2D eigenvalue weighted by Gasteiger charge is -2.35. The van der Waals surface area contributed by atoms with Crippen molar-refractivity contribution in [3.8, 4) is 0 Å². The van der Waals surface area contributed by atoms with Crippen molar-refractivity contribution in [2.75, 3.05) is 52.9 Å². The second-order valence-corrected chi connectivity index (χ2v) is 7.91. The summed E-state index contributed by atoms with van der Waals surface area (Å²) in [6.45, 7) is 11.1. The Kier molecular flexibility index (Phi) is 6.46. The van der Waals surface area contributed by atoms with Crippen LogP contribution in [0.5, 0.6) is 0 Å². The smallest absolute Gasteiger partial charge is 0.410 e. The molecule has 0 aromatic heterocycles. The molecule has 1 atom stereocenters. The molecule has 2 fully saturated rings. The molecule has 0 aromatic rings. The van der Waals surface area contributed by atoms with Gasteiger partial charge in [0.15, 0.2) is 0 Å². The van der Waals surface area contributed by atoms with Crippen LogP contribution in [0, 0.1) is 0 Å². The molecule has 7 nitrogen and oxygen atoms in total. The maximum atomic E-state index is 12.3. The van der Waals surface area contributed by atoms with Gasteiger partial charge in [-0.25, -0.2) is 4.79 Å². The number of piperidine rings is 1. The molecule has 0 unspecified atom stereocenters. The molecule has 2 heterocycles. The predicted octanol–water partition coefficient (Wildman–Crippen LogP) is 0.750. The van der Waals surface area contributed by atoms with Gasteiger partial charge in [-0.05, 0) is 40.7 Å². The van der Waals surface area contributed by atoms with Crippen LogP contribution >= 0.6 is 0 Å². The van der Waals surface area contributed by atoms with Gasteiger partial charge < -0.3 is 19.9 Å². The topological polar surface area (TPSA) is 65.1 Å². The minimum absolute atomic E-state index is 0.0197. The van der Waals surface area contributed by atoms with Crippen molar-refractivity contribution >= 4 is 12.0 Å². The summed E-state index contributed by atoms with van der Waals surface area (Å²) in [5, 5.41) is 3.08. The number of amides is 2. The van der Waals surface area contributed by atoms with Crippen molar-refractivity contribution in [3.63, 3.8) is 0 Å². The molecule has 2 amide bonds. The lowest BCUT2D eigenvalue weighted by Crippen LogP contribution is -2.53. The lowest BCUT2D eigenvalue weighted by molar-refractivity contribution is -0.123. The van der Waals surface area contributed by atoms with E-state index < -0.39 is 5.60 Å². The van der Waals surface area contributed by atoms with E-state index in [4.69, 9.17) is 4.74 Å². The summed E-state index contributed by atoms with van der Waals surface area (Å²) >= 11 is 0. The van der Waals surface area contributed by atoms with Gasteiger partial charge in [-0.2, -0.15) is 0 Å². The number of carbonyl (C=O) groups excluding carboxylic acids is 2. The molecule has 0 spiro atoms. The number of carbonyl (C=O) groups is 2. The number of hydrogen-bond acceptors (Lipinski definition) is 5. The highest BCUT2D eigenvalue weighted by Gasteiger charge is 2.28. The largest absolute Gasteiger partial charge is 0.444 e. The van der Waals surface area contributed by atoms with Crippen LogP contribution in [0.2, 0.25) is 0 Å². The van der Waals surface area contributed by atoms with Crippen LogP contribution in [-0.4, -0.2) is 91.2 Å². The normalized spacial score (nSPS) is 23.8. The Labute approximate surface area is 145 Å². The average molecular weight is 340 g/mol. The maximum absolute atomic E-state index is 12.3. The van der Waals surface area contributed by atoms with Gasteiger partial charge >= 0.3 is 6.09 Å². The monoisotopic (exact) mass is 340 g/mol. The van der Waals surface area contributed by atoms with E-state index >= 15 is 0 Å². The van der Waals surface area contributed by atoms with E-state index in [0.29, 0.717) is 19.6 Å². The van der Waals surface area contributed by atoms with Gasteiger partial charge in [0.05, 0.1) is 6.54 Å². The Bertz CT molecular complexity index is 442. The number of likely N-dealkylation sites (N-methyl/N-ethyl adjacent to an activating group) is 1. The van der Waals surface area contributed by atoms with E-state index in [0.717, 1.165) is 39.0 Å². The molecule has 24 heavy (non-hydrogen) atoms. The molecule has 138 valence electrons.